The van der Waals surface area contributed by atoms with Crippen LogP contribution in [0.4, 0.5) is 0 Å². The van der Waals surface area contributed by atoms with Gasteiger partial charge < -0.3 is 10.1 Å². The van der Waals surface area contributed by atoms with Gasteiger partial charge in [-0.2, -0.15) is 5.10 Å². The van der Waals surface area contributed by atoms with E-state index in [1.807, 2.05) is 16.8 Å². The average Bonchev–Trinajstić information content (AvgIpc) is 3.06. The van der Waals surface area contributed by atoms with Crippen molar-refractivity contribution in [1.29, 1.82) is 0 Å². The predicted octanol–water partition coefficient (Wildman–Crippen LogP) is 3.72. The summed E-state index contributed by atoms with van der Waals surface area (Å²) in [4.78, 5) is 0. The first-order valence-electron chi connectivity index (χ1n) is 8.72. The van der Waals surface area contributed by atoms with Crippen LogP contribution in [-0.4, -0.2) is 30.0 Å². The number of rotatable bonds is 9. The third-order valence-corrected chi connectivity index (χ3v) is 4.09. The number of nitrogens with one attached hydrogen (secondary N) is 1. The molecule has 3 rings (SSSR count). The maximum atomic E-state index is 5.10. The highest BCUT2D eigenvalue weighted by molar-refractivity contribution is 5.62. The molecular weight excluding hydrogens is 310 g/mol. The highest BCUT2D eigenvalue weighted by atomic mass is 16.5. The van der Waals surface area contributed by atoms with E-state index in [0.29, 0.717) is 0 Å². The highest BCUT2D eigenvalue weighted by Gasteiger charge is 2.11. The minimum absolute atomic E-state index is 0.782. The monoisotopic (exact) mass is 335 g/mol. The Kier molecular flexibility index (Phi) is 6.37. The molecule has 0 radical (unpaired) electrons. The van der Waals surface area contributed by atoms with Crippen LogP contribution in [0.5, 0.6) is 0 Å². The lowest BCUT2D eigenvalue weighted by molar-refractivity contribution is 0.194. The maximum absolute atomic E-state index is 5.10. The van der Waals surface area contributed by atoms with E-state index < -0.39 is 0 Å². The fourth-order valence-corrected chi connectivity index (χ4v) is 2.85. The molecule has 0 aliphatic rings. The standard InChI is InChI=1S/C21H25N3O/c1-25-14-8-13-22-15-20-17-24(16-18-9-4-2-5-10-18)23-21(20)19-11-6-3-7-12-19/h2-7,9-12,17,22H,8,13-16H2,1H3. The van der Waals surface area contributed by atoms with E-state index in [1.54, 1.807) is 7.11 Å². The molecule has 1 N–H and O–H groups in total. The van der Waals surface area contributed by atoms with E-state index in [2.05, 4.69) is 60.0 Å². The molecule has 130 valence electrons. The molecule has 0 saturated carbocycles. The van der Waals surface area contributed by atoms with Crippen LogP contribution in [-0.2, 0) is 17.8 Å². The van der Waals surface area contributed by atoms with Gasteiger partial charge in [-0.05, 0) is 18.5 Å². The van der Waals surface area contributed by atoms with Crippen LogP contribution in [0.2, 0.25) is 0 Å². The van der Waals surface area contributed by atoms with Crippen LogP contribution in [0, 0.1) is 0 Å². The summed E-state index contributed by atoms with van der Waals surface area (Å²) in [6.45, 7) is 3.31. The summed E-state index contributed by atoms with van der Waals surface area (Å²) in [6, 6.07) is 20.8. The SMILES string of the molecule is COCCCNCc1cn(Cc2ccccc2)nc1-c1ccccc1. The topological polar surface area (TPSA) is 39.1 Å². The Hall–Kier alpha value is -2.43. The molecule has 0 spiro atoms. The number of aromatic nitrogens is 2. The quantitative estimate of drug-likeness (QED) is 0.606. The third-order valence-electron chi connectivity index (χ3n) is 4.09. The normalized spacial score (nSPS) is 10.9. The number of ether oxygens (including phenoxy) is 1. The number of methoxy groups -OCH3 is 1. The van der Waals surface area contributed by atoms with Gasteiger partial charge in [0.1, 0.15) is 0 Å². The summed E-state index contributed by atoms with van der Waals surface area (Å²) in [6.07, 6.45) is 3.16. The van der Waals surface area contributed by atoms with Gasteiger partial charge in [0.25, 0.3) is 0 Å². The van der Waals surface area contributed by atoms with Crippen molar-refractivity contribution < 1.29 is 4.74 Å². The van der Waals surface area contributed by atoms with Crippen LogP contribution in [0.1, 0.15) is 17.5 Å². The first kappa shape index (κ1) is 17.4. The Morgan fingerprint density at radius 3 is 2.44 bits per heavy atom. The first-order valence-corrected chi connectivity index (χ1v) is 8.72. The van der Waals surface area contributed by atoms with Crippen molar-refractivity contribution in [2.45, 2.75) is 19.5 Å². The Labute approximate surface area is 149 Å². The molecule has 0 bridgehead atoms. The zero-order valence-electron chi connectivity index (χ0n) is 14.7. The fourth-order valence-electron chi connectivity index (χ4n) is 2.85. The summed E-state index contributed by atoms with van der Waals surface area (Å²) >= 11 is 0. The van der Waals surface area contributed by atoms with E-state index in [0.717, 1.165) is 43.9 Å². The van der Waals surface area contributed by atoms with Gasteiger partial charge in [-0.25, -0.2) is 0 Å². The predicted molar refractivity (Wildman–Crippen MR) is 101 cm³/mol. The second-order valence-electron chi connectivity index (χ2n) is 6.08. The minimum Gasteiger partial charge on any atom is -0.385 e. The molecule has 25 heavy (non-hydrogen) atoms. The van der Waals surface area contributed by atoms with Gasteiger partial charge in [0.15, 0.2) is 0 Å². The molecule has 0 fully saturated rings. The molecule has 0 saturated heterocycles. The Morgan fingerprint density at radius 1 is 1.00 bits per heavy atom. The Balaban J connectivity index is 1.76. The van der Waals surface area contributed by atoms with Gasteiger partial charge in [0.05, 0.1) is 12.2 Å². The molecule has 0 aliphatic heterocycles. The van der Waals surface area contributed by atoms with Crippen molar-refractivity contribution in [2.24, 2.45) is 0 Å². The van der Waals surface area contributed by atoms with Gasteiger partial charge in [0, 0.05) is 37.6 Å². The molecule has 0 amide bonds. The zero-order chi connectivity index (χ0) is 17.3. The van der Waals surface area contributed by atoms with E-state index in [9.17, 15) is 0 Å². The average molecular weight is 335 g/mol. The number of nitrogens with zero attached hydrogens (tertiary/aromatic N) is 2. The molecule has 4 heteroatoms. The second kappa shape index (κ2) is 9.16. The Bertz CT molecular complexity index is 753. The molecule has 1 heterocycles. The van der Waals surface area contributed by atoms with Crippen molar-refractivity contribution in [3.05, 3.63) is 78.0 Å². The largest absolute Gasteiger partial charge is 0.385 e. The van der Waals surface area contributed by atoms with Gasteiger partial charge in [-0.1, -0.05) is 60.7 Å². The van der Waals surface area contributed by atoms with Crippen LogP contribution >= 0.6 is 0 Å². The zero-order valence-corrected chi connectivity index (χ0v) is 14.7. The van der Waals surface area contributed by atoms with Crippen molar-refractivity contribution in [3.8, 4) is 11.3 Å². The van der Waals surface area contributed by atoms with Crippen molar-refractivity contribution in [3.63, 3.8) is 0 Å². The van der Waals surface area contributed by atoms with E-state index in [-0.39, 0.29) is 0 Å². The van der Waals surface area contributed by atoms with Crippen molar-refractivity contribution >= 4 is 0 Å². The summed E-state index contributed by atoms with van der Waals surface area (Å²) in [5.74, 6) is 0. The molecule has 4 nitrogen and oxygen atoms in total. The van der Waals surface area contributed by atoms with Gasteiger partial charge >= 0.3 is 0 Å². The van der Waals surface area contributed by atoms with Crippen LogP contribution in [0.3, 0.4) is 0 Å². The summed E-state index contributed by atoms with van der Waals surface area (Å²) in [7, 11) is 1.74. The molecule has 1 aromatic heterocycles. The van der Waals surface area contributed by atoms with Gasteiger partial charge in [-0.3, -0.25) is 4.68 Å². The second-order valence-corrected chi connectivity index (χ2v) is 6.08. The molecule has 0 aliphatic carbocycles. The maximum Gasteiger partial charge on any atom is 0.0968 e. The first-order chi connectivity index (χ1) is 12.4. The molecule has 0 atom stereocenters. The van der Waals surface area contributed by atoms with Gasteiger partial charge in [0.2, 0.25) is 0 Å². The van der Waals surface area contributed by atoms with E-state index >= 15 is 0 Å². The lowest BCUT2D eigenvalue weighted by Crippen LogP contribution is -2.16. The Morgan fingerprint density at radius 2 is 1.72 bits per heavy atom. The third kappa shape index (κ3) is 5.02. The number of benzene rings is 2. The minimum atomic E-state index is 0.782. The number of hydrogen-bond donors (Lipinski definition) is 1. The fraction of sp³-hybridized carbons (Fsp3) is 0.286. The molecule has 2 aromatic carbocycles. The number of hydrogen-bond acceptors (Lipinski definition) is 3. The van der Waals surface area contributed by atoms with Crippen LogP contribution in [0.25, 0.3) is 11.3 Å². The van der Waals surface area contributed by atoms with Crippen LogP contribution in [0.15, 0.2) is 66.9 Å². The lowest BCUT2D eigenvalue weighted by atomic mass is 10.1. The van der Waals surface area contributed by atoms with Crippen molar-refractivity contribution in [2.75, 3.05) is 20.3 Å². The summed E-state index contributed by atoms with van der Waals surface area (Å²) in [5.41, 5.74) is 4.68. The summed E-state index contributed by atoms with van der Waals surface area (Å²) in [5, 5.41) is 8.33. The molecule has 3 aromatic rings. The lowest BCUT2D eigenvalue weighted by Gasteiger charge is -2.05. The van der Waals surface area contributed by atoms with E-state index in [1.165, 1.54) is 11.1 Å². The van der Waals surface area contributed by atoms with Crippen molar-refractivity contribution in [1.82, 2.24) is 15.1 Å². The smallest absolute Gasteiger partial charge is 0.0968 e. The molecule has 0 unspecified atom stereocenters. The molecular formula is C21H25N3O. The van der Waals surface area contributed by atoms with Gasteiger partial charge in [-0.15, -0.1) is 0 Å². The highest BCUT2D eigenvalue weighted by Crippen LogP contribution is 2.22. The van der Waals surface area contributed by atoms with Crippen LogP contribution < -0.4 is 5.32 Å². The van der Waals surface area contributed by atoms with E-state index in [4.69, 9.17) is 9.84 Å². The summed E-state index contributed by atoms with van der Waals surface area (Å²) < 4.78 is 7.13.